The van der Waals surface area contributed by atoms with E-state index in [9.17, 15) is 20.0 Å². The number of hydrogen-bond acceptors (Lipinski definition) is 5. The van der Waals surface area contributed by atoms with Crippen LogP contribution in [0.25, 0.3) is 0 Å². The van der Waals surface area contributed by atoms with E-state index in [1.54, 1.807) is 23.1 Å². The molecule has 0 saturated heterocycles. The number of hydrogen-bond donors (Lipinski definition) is 2. The maximum Gasteiger partial charge on any atom is 0.273 e. The Morgan fingerprint density at radius 1 is 1.50 bits per heavy atom. The molecule has 20 heavy (non-hydrogen) atoms. The molecule has 1 amide bonds. The van der Waals surface area contributed by atoms with Crippen LogP contribution in [0.3, 0.4) is 0 Å². The van der Waals surface area contributed by atoms with Crippen molar-refractivity contribution in [2.24, 2.45) is 0 Å². The number of carbonyl (C=O) groups is 1. The Labute approximate surface area is 113 Å². The van der Waals surface area contributed by atoms with Crippen molar-refractivity contribution in [3.8, 4) is 5.75 Å². The zero-order valence-electron chi connectivity index (χ0n) is 10.4. The van der Waals surface area contributed by atoms with Crippen LogP contribution < -0.4 is 5.32 Å². The number of phenolic OH excluding ortho intramolecular Hbond substituents is 1. The fraction of sp³-hybridized carbons (Fsp3) is 0.167. The van der Waals surface area contributed by atoms with Crippen molar-refractivity contribution in [3.05, 3.63) is 46.8 Å². The number of benzene rings is 1. The van der Waals surface area contributed by atoms with Crippen molar-refractivity contribution >= 4 is 17.3 Å². The minimum Gasteiger partial charge on any atom is -0.506 e. The lowest BCUT2D eigenvalue weighted by Gasteiger charge is -2.07. The van der Waals surface area contributed by atoms with E-state index >= 15 is 0 Å². The number of nitro benzene ring substituents is 1. The molecule has 8 nitrogen and oxygen atoms in total. The number of aromatic hydroxyl groups is 1. The number of nitrogens with zero attached hydrogens (tertiary/aromatic N) is 3. The molecule has 1 aromatic heterocycles. The fourth-order valence-electron chi connectivity index (χ4n) is 1.60. The molecule has 8 heteroatoms. The molecular formula is C12H12N4O4. The number of phenols is 1. The first-order valence-electron chi connectivity index (χ1n) is 5.81. The van der Waals surface area contributed by atoms with Crippen LogP contribution in [0.2, 0.25) is 0 Å². The normalized spacial score (nSPS) is 10.2. The first kappa shape index (κ1) is 13.5. The van der Waals surface area contributed by atoms with E-state index < -0.39 is 4.92 Å². The zero-order chi connectivity index (χ0) is 14.5. The number of rotatable bonds is 5. The topological polar surface area (TPSA) is 110 Å². The van der Waals surface area contributed by atoms with E-state index in [2.05, 4.69) is 10.4 Å². The maximum atomic E-state index is 11.7. The molecule has 0 aliphatic rings. The molecule has 1 aromatic carbocycles. The van der Waals surface area contributed by atoms with Crippen LogP contribution in [0.4, 0.5) is 11.4 Å². The Hall–Kier alpha value is -2.90. The van der Waals surface area contributed by atoms with E-state index in [1.807, 2.05) is 0 Å². The summed E-state index contributed by atoms with van der Waals surface area (Å²) in [6.45, 7) is 0.409. The highest BCUT2D eigenvalue weighted by Gasteiger charge is 2.12. The van der Waals surface area contributed by atoms with E-state index in [0.717, 1.165) is 6.07 Å². The van der Waals surface area contributed by atoms with Gasteiger partial charge in [-0.1, -0.05) is 0 Å². The number of amides is 1. The monoisotopic (exact) mass is 276 g/mol. The summed E-state index contributed by atoms with van der Waals surface area (Å²) in [6, 6.07) is 5.24. The van der Waals surface area contributed by atoms with Crippen molar-refractivity contribution in [1.29, 1.82) is 0 Å². The van der Waals surface area contributed by atoms with E-state index in [0.29, 0.717) is 6.54 Å². The molecule has 0 radical (unpaired) electrons. The van der Waals surface area contributed by atoms with Crippen molar-refractivity contribution in [1.82, 2.24) is 9.78 Å². The fourth-order valence-corrected chi connectivity index (χ4v) is 1.60. The van der Waals surface area contributed by atoms with Crippen LogP contribution in [0, 0.1) is 10.1 Å². The summed E-state index contributed by atoms with van der Waals surface area (Å²) in [5, 5.41) is 26.6. The van der Waals surface area contributed by atoms with Crippen molar-refractivity contribution in [2.75, 3.05) is 5.32 Å². The van der Waals surface area contributed by atoms with Crippen LogP contribution in [0.5, 0.6) is 5.75 Å². The predicted molar refractivity (Wildman–Crippen MR) is 70.2 cm³/mol. The van der Waals surface area contributed by atoms with Gasteiger partial charge in [0.1, 0.15) is 5.75 Å². The van der Waals surface area contributed by atoms with Gasteiger partial charge in [-0.05, 0) is 12.1 Å². The molecule has 0 unspecified atom stereocenters. The van der Waals surface area contributed by atoms with Gasteiger partial charge in [0.25, 0.3) is 5.69 Å². The van der Waals surface area contributed by atoms with Gasteiger partial charge in [0, 0.05) is 31.4 Å². The third kappa shape index (κ3) is 3.31. The highest BCUT2D eigenvalue weighted by Crippen LogP contribution is 2.27. The van der Waals surface area contributed by atoms with Crippen molar-refractivity contribution in [2.45, 2.75) is 13.0 Å². The average Bonchev–Trinajstić information content (AvgIpc) is 2.91. The minimum absolute atomic E-state index is 0.140. The summed E-state index contributed by atoms with van der Waals surface area (Å²) < 4.78 is 1.61. The molecule has 2 aromatic rings. The van der Waals surface area contributed by atoms with E-state index in [-0.39, 0.29) is 29.5 Å². The van der Waals surface area contributed by atoms with Gasteiger partial charge in [-0.25, -0.2) is 0 Å². The highest BCUT2D eigenvalue weighted by atomic mass is 16.6. The lowest BCUT2D eigenvalue weighted by atomic mass is 10.2. The molecule has 0 aliphatic carbocycles. The number of anilines is 1. The minimum atomic E-state index is -0.622. The standard InChI is InChI=1S/C12H12N4O4/c17-11-8-9(16(19)20)2-3-10(11)14-12(18)4-7-15-6-1-5-13-15/h1-3,5-6,8,17H,4,7H2,(H,14,18). The van der Waals surface area contributed by atoms with Gasteiger partial charge in [-0.15, -0.1) is 0 Å². The van der Waals surface area contributed by atoms with E-state index in [1.165, 1.54) is 12.1 Å². The second-order valence-corrected chi connectivity index (χ2v) is 4.03. The first-order chi connectivity index (χ1) is 9.56. The van der Waals surface area contributed by atoms with Crippen LogP contribution in [-0.2, 0) is 11.3 Å². The smallest absolute Gasteiger partial charge is 0.273 e. The van der Waals surface area contributed by atoms with Gasteiger partial charge in [-0.2, -0.15) is 5.10 Å². The Balaban J connectivity index is 1.95. The Morgan fingerprint density at radius 3 is 2.90 bits per heavy atom. The predicted octanol–water partition coefficient (Wildman–Crippen LogP) is 1.53. The molecule has 0 atom stereocenters. The number of non-ortho nitro benzene ring substituents is 1. The lowest BCUT2D eigenvalue weighted by Crippen LogP contribution is -2.14. The number of aryl methyl sites for hydroxylation is 1. The molecule has 0 bridgehead atoms. The highest BCUT2D eigenvalue weighted by molar-refractivity contribution is 5.92. The summed E-state index contributed by atoms with van der Waals surface area (Å²) in [6.07, 6.45) is 3.52. The molecule has 104 valence electrons. The maximum absolute atomic E-state index is 11.7. The Bertz CT molecular complexity index is 624. The van der Waals surface area contributed by atoms with Gasteiger partial charge >= 0.3 is 0 Å². The van der Waals surface area contributed by atoms with Gasteiger partial charge in [-0.3, -0.25) is 19.6 Å². The molecule has 0 spiro atoms. The second kappa shape index (κ2) is 5.83. The summed E-state index contributed by atoms with van der Waals surface area (Å²) >= 11 is 0. The summed E-state index contributed by atoms with van der Waals surface area (Å²) in [4.78, 5) is 21.6. The van der Waals surface area contributed by atoms with Crippen LogP contribution in [0.15, 0.2) is 36.7 Å². The zero-order valence-corrected chi connectivity index (χ0v) is 10.4. The quantitative estimate of drug-likeness (QED) is 0.488. The second-order valence-electron chi connectivity index (χ2n) is 4.03. The Kier molecular flexibility index (Phi) is 3.94. The van der Waals surface area contributed by atoms with Crippen molar-refractivity contribution in [3.63, 3.8) is 0 Å². The molecule has 0 fully saturated rings. The molecule has 0 saturated carbocycles. The number of nitrogens with one attached hydrogen (secondary N) is 1. The lowest BCUT2D eigenvalue weighted by molar-refractivity contribution is -0.384. The SMILES string of the molecule is O=C(CCn1cccn1)Nc1ccc([N+](=O)[O-])cc1O. The molecule has 1 heterocycles. The Morgan fingerprint density at radius 2 is 2.30 bits per heavy atom. The third-order valence-corrected chi connectivity index (χ3v) is 2.59. The summed E-state index contributed by atoms with van der Waals surface area (Å²) in [7, 11) is 0. The molecule has 2 rings (SSSR count). The largest absolute Gasteiger partial charge is 0.506 e. The number of carbonyl (C=O) groups excluding carboxylic acids is 1. The molecule has 2 N–H and O–H groups in total. The first-order valence-corrected chi connectivity index (χ1v) is 5.81. The van der Waals surface area contributed by atoms with Gasteiger partial charge in [0.05, 0.1) is 16.7 Å². The van der Waals surface area contributed by atoms with Crippen LogP contribution in [0.1, 0.15) is 6.42 Å². The number of nitro groups is 1. The van der Waals surface area contributed by atoms with Gasteiger partial charge < -0.3 is 10.4 Å². The summed E-state index contributed by atoms with van der Waals surface area (Å²) in [5.74, 6) is -0.656. The van der Waals surface area contributed by atoms with Gasteiger partial charge in [0.2, 0.25) is 5.91 Å². The van der Waals surface area contributed by atoms with Crippen LogP contribution >= 0.6 is 0 Å². The van der Waals surface area contributed by atoms with E-state index in [4.69, 9.17) is 0 Å². The summed E-state index contributed by atoms with van der Waals surface area (Å²) in [5.41, 5.74) is -0.0990. The molecule has 0 aliphatic heterocycles. The number of aromatic nitrogens is 2. The van der Waals surface area contributed by atoms with Gasteiger partial charge in [0.15, 0.2) is 0 Å². The molecular weight excluding hydrogens is 264 g/mol. The van der Waals surface area contributed by atoms with Crippen molar-refractivity contribution < 1.29 is 14.8 Å². The third-order valence-electron chi connectivity index (χ3n) is 2.59. The van der Waals surface area contributed by atoms with Crippen LogP contribution in [-0.4, -0.2) is 25.7 Å². The average molecular weight is 276 g/mol.